The Balaban J connectivity index is 1.55. The predicted octanol–water partition coefficient (Wildman–Crippen LogP) is 3.56. The van der Waals surface area contributed by atoms with E-state index in [9.17, 15) is 4.79 Å². The molecule has 0 saturated carbocycles. The number of amidine groups is 1. The summed E-state index contributed by atoms with van der Waals surface area (Å²) in [6.07, 6.45) is 3.42. The number of hydrogen-bond acceptors (Lipinski definition) is 4. The van der Waals surface area contributed by atoms with Gasteiger partial charge < -0.3 is 15.1 Å². The van der Waals surface area contributed by atoms with Crippen LogP contribution in [-0.4, -0.2) is 42.8 Å². The van der Waals surface area contributed by atoms with Crippen LogP contribution in [0.25, 0.3) is 0 Å². The van der Waals surface area contributed by atoms with Crippen molar-refractivity contribution in [3.63, 3.8) is 0 Å². The molecule has 0 radical (unpaired) electrons. The Morgan fingerprint density at radius 1 is 1.23 bits per heavy atom. The Kier molecular flexibility index (Phi) is 4.78. The number of benzene rings is 1. The first-order chi connectivity index (χ1) is 12.6. The van der Waals surface area contributed by atoms with Crippen LogP contribution in [0.2, 0.25) is 0 Å². The van der Waals surface area contributed by atoms with Crippen molar-refractivity contribution in [2.45, 2.75) is 31.7 Å². The minimum atomic E-state index is 0.249. The van der Waals surface area contributed by atoms with Crippen molar-refractivity contribution in [1.82, 2.24) is 4.90 Å². The van der Waals surface area contributed by atoms with Gasteiger partial charge in [-0.1, -0.05) is 6.07 Å². The molecule has 4 rings (SSSR count). The summed E-state index contributed by atoms with van der Waals surface area (Å²) in [7, 11) is 2.14. The molecule has 2 aliphatic heterocycles. The van der Waals surface area contributed by atoms with Gasteiger partial charge in [-0.3, -0.25) is 10.2 Å². The van der Waals surface area contributed by atoms with Gasteiger partial charge in [-0.2, -0.15) is 0 Å². The van der Waals surface area contributed by atoms with Crippen molar-refractivity contribution in [3.8, 4) is 0 Å². The van der Waals surface area contributed by atoms with Crippen LogP contribution in [0.3, 0.4) is 0 Å². The maximum atomic E-state index is 12.6. The average Bonchev–Trinajstić information content (AvgIpc) is 3.18. The Hall–Kier alpha value is -2.18. The number of aryl methyl sites for hydroxylation is 1. The highest BCUT2D eigenvalue weighted by Crippen LogP contribution is 2.34. The van der Waals surface area contributed by atoms with Crippen LogP contribution < -0.4 is 10.2 Å². The van der Waals surface area contributed by atoms with E-state index in [2.05, 4.69) is 29.4 Å². The third kappa shape index (κ3) is 3.39. The number of thiophene rings is 1. The van der Waals surface area contributed by atoms with Crippen LogP contribution in [0.1, 0.15) is 29.7 Å². The van der Waals surface area contributed by atoms with Gasteiger partial charge in [0.2, 0.25) is 5.91 Å². The molecule has 0 unspecified atom stereocenters. The highest BCUT2D eigenvalue weighted by atomic mass is 32.1. The third-order valence-electron chi connectivity index (χ3n) is 5.31. The van der Waals surface area contributed by atoms with E-state index in [-0.39, 0.29) is 5.91 Å². The van der Waals surface area contributed by atoms with Gasteiger partial charge in [0, 0.05) is 23.8 Å². The number of anilines is 2. The van der Waals surface area contributed by atoms with Crippen LogP contribution in [-0.2, 0) is 11.2 Å². The molecule has 26 heavy (non-hydrogen) atoms. The Morgan fingerprint density at radius 3 is 2.77 bits per heavy atom. The summed E-state index contributed by atoms with van der Waals surface area (Å²) in [5.41, 5.74) is 3.18. The lowest BCUT2D eigenvalue weighted by Gasteiger charge is -2.40. The van der Waals surface area contributed by atoms with Gasteiger partial charge in [-0.15, -0.1) is 11.3 Å². The van der Waals surface area contributed by atoms with Gasteiger partial charge in [0.15, 0.2) is 0 Å². The quantitative estimate of drug-likeness (QED) is 0.643. The van der Waals surface area contributed by atoms with Crippen molar-refractivity contribution in [1.29, 1.82) is 5.41 Å². The van der Waals surface area contributed by atoms with E-state index >= 15 is 0 Å². The fourth-order valence-electron chi connectivity index (χ4n) is 3.88. The van der Waals surface area contributed by atoms with Crippen LogP contribution in [0, 0.1) is 5.41 Å². The van der Waals surface area contributed by atoms with Crippen LogP contribution >= 0.6 is 11.3 Å². The van der Waals surface area contributed by atoms with E-state index < -0.39 is 0 Å². The Bertz CT molecular complexity index is 809. The van der Waals surface area contributed by atoms with Gasteiger partial charge in [-0.05, 0) is 74.6 Å². The predicted molar refractivity (Wildman–Crippen MR) is 108 cm³/mol. The van der Waals surface area contributed by atoms with Crippen molar-refractivity contribution >= 4 is 34.5 Å². The fourth-order valence-corrected chi connectivity index (χ4v) is 4.50. The number of carbonyl (C=O) groups excluding carboxylic acids is 1. The van der Waals surface area contributed by atoms with Crippen LogP contribution in [0.15, 0.2) is 35.7 Å². The van der Waals surface area contributed by atoms with E-state index in [1.807, 2.05) is 28.5 Å². The van der Waals surface area contributed by atoms with Crippen molar-refractivity contribution in [2.24, 2.45) is 0 Å². The van der Waals surface area contributed by atoms with E-state index in [0.29, 0.717) is 18.3 Å². The number of piperidine rings is 1. The molecule has 136 valence electrons. The number of fused-ring (bicyclic) bond motifs is 1. The summed E-state index contributed by atoms with van der Waals surface area (Å²) < 4.78 is 0. The van der Waals surface area contributed by atoms with Gasteiger partial charge in [0.25, 0.3) is 0 Å². The Morgan fingerprint density at radius 2 is 2.04 bits per heavy atom. The van der Waals surface area contributed by atoms with Crippen molar-refractivity contribution in [2.75, 3.05) is 30.4 Å². The monoisotopic (exact) mass is 368 g/mol. The second kappa shape index (κ2) is 7.21. The number of likely N-dealkylation sites (tertiary alicyclic amines) is 1. The van der Waals surface area contributed by atoms with Gasteiger partial charge in [0.05, 0.1) is 4.88 Å². The van der Waals surface area contributed by atoms with E-state index in [0.717, 1.165) is 48.6 Å². The molecule has 2 aliphatic rings. The molecule has 1 aromatic heterocycles. The summed E-state index contributed by atoms with van der Waals surface area (Å²) in [5.74, 6) is 0.665. The summed E-state index contributed by atoms with van der Waals surface area (Å²) >= 11 is 1.55. The summed E-state index contributed by atoms with van der Waals surface area (Å²) in [5, 5.41) is 13.4. The summed E-state index contributed by atoms with van der Waals surface area (Å²) in [6, 6.07) is 10.3. The van der Waals surface area contributed by atoms with Gasteiger partial charge in [0.1, 0.15) is 5.84 Å². The zero-order valence-electron chi connectivity index (χ0n) is 15.0. The molecule has 2 aromatic rings. The molecular weight excluding hydrogens is 344 g/mol. The molecule has 5 nitrogen and oxygen atoms in total. The second-order valence-electron chi connectivity index (χ2n) is 7.12. The smallest absolute Gasteiger partial charge is 0.227 e. The molecule has 1 saturated heterocycles. The molecule has 6 heteroatoms. The number of nitrogens with zero attached hydrogens (tertiary/aromatic N) is 2. The summed E-state index contributed by atoms with van der Waals surface area (Å²) in [4.78, 5) is 17.9. The van der Waals surface area contributed by atoms with Gasteiger partial charge >= 0.3 is 0 Å². The summed E-state index contributed by atoms with van der Waals surface area (Å²) in [6.45, 7) is 2.09. The molecule has 0 aliphatic carbocycles. The lowest BCUT2D eigenvalue weighted by atomic mass is 9.95. The zero-order chi connectivity index (χ0) is 18.1. The maximum absolute atomic E-state index is 12.6. The van der Waals surface area contributed by atoms with E-state index in [1.54, 1.807) is 11.3 Å². The highest BCUT2D eigenvalue weighted by molar-refractivity contribution is 7.12. The van der Waals surface area contributed by atoms with Crippen LogP contribution in [0.4, 0.5) is 11.4 Å². The third-order valence-corrected chi connectivity index (χ3v) is 6.19. The van der Waals surface area contributed by atoms with E-state index in [1.165, 1.54) is 5.56 Å². The maximum Gasteiger partial charge on any atom is 0.227 e. The number of nitrogens with one attached hydrogen (secondary N) is 2. The molecule has 0 spiro atoms. The number of hydrogen-bond donors (Lipinski definition) is 2. The lowest BCUT2D eigenvalue weighted by Crippen LogP contribution is -2.48. The Labute approximate surface area is 158 Å². The lowest BCUT2D eigenvalue weighted by molar-refractivity contribution is -0.119. The second-order valence-corrected chi connectivity index (χ2v) is 8.07. The molecule has 3 heterocycles. The zero-order valence-corrected chi connectivity index (χ0v) is 15.8. The number of rotatable bonds is 3. The van der Waals surface area contributed by atoms with Crippen LogP contribution in [0.5, 0.6) is 0 Å². The molecular formula is C20H24N4OS. The SMILES string of the molecule is CN1CCC(N2C(=O)CCc3cc(NC(=N)c4cccs4)ccc32)CC1. The first-order valence-corrected chi connectivity index (χ1v) is 10.0. The number of amides is 1. The standard InChI is InChI=1S/C20H24N4OS/c1-23-10-8-16(9-11-23)24-17-6-5-15(13-14(17)4-7-19(24)25)22-20(21)18-3-2-12-26-18/h2-3,5-6,12-13,16H,4,7-11H2,1H3,(H2,21,22). The normalized spacial score (nSPS) is 18.7. The van der Waals surface area contributed by atoms with Gasteiger partial charge in [-0.25, -0.2) is 0 Å². The van der Waals surface area contributed by atoms with Crippen molar-refractivity contribution < 1.29 is 4.79 Å². The number of carbonyl (C=O) groups is 1. The molecule has 2 N–H and O–H groups in total. The minimum absolute atomic E-state index is 0.249. The van der Waals surface area contributed by atoms with E-state index in [4.69, 9.17) is 5.41 Å². The first-order valence-electron chi connectivity index (χ1n) is 9.15. The molecule has 1 fully saturated rings. The fraction of sp³-hybridized carbons (Fsp3) is 0.400. The first kappa shape index (κ1) is 17.2. The van der Waals surface area contributed by atoms with Crippen molar-refractivity contribution in [3.05, 3.63) is 46.2 Å². The highest BCUT2D eigenvalue weighted by Gasteiger charge is 2.32. The average molecular weight is 369 g/mol. The molecule has 1 aromatic carbocycles. The topological polar surface area (TPSA) is 59.4 Å². The molecule has 1 amide bonds. The minimum Gasteiger partial charge on any atom is -0.340 e. The molecule has 0 bridgehead atoms. The largest absolute Gasteiger partial charge is 0.340 e. The molecule has 0 atom stereocenters.